The van der Waals surface area contributed by atoms with Crippen molar-refractivity contribution in [1.82, 2.24) is 10.6 Å². The lowest BCUT2D eigenvalue weighted by Crippen LogP contribution is -2.35. The zero-order valence-electron chi connectivity index (χ0n) is 14.5. The summed E-state index contributed by atoms with van der Waals surface area (Å²) in [6.07, 6.45) is 8.94. The van der Waals surface area contributed by atoms with E-state index >= 15 is 0 Å². The average Bonchev–Trinajstić information content (AvgIpc) is 2.54. The van der Waals surface area contributed by atoms with Crippen LogP contribution in [0.1, 0.15) is 68.1 Å². The molecule has 1 fully saturated rings. The van der Waals surface area contributed by atoms with Crippen LogP contribution in [0.2, 0.25) is 0 Å². The zero-order chi connectivity index (χ0) is 18.1. The Hall–Kier alpha value is -1.98. The molecule has 1 saturated carbocycles. The van der Waals surface area contributed by atoms with Crippen LogP contribution in [0, 0.1) is 11.6 Å². The van der Waals surface area contributed by atoms with Crippen molar-refractivity contribution < 1.29 is 18.4 Å². The standard InChI is InChI=1S/C19H26F2N2O2/c20-14-10-11-16(17(21)13-14)19(25)22-12-6-9-18(24)23-15-7-4-2-1-3-5-8-15/h10-11,13,15H,1-9,12H2,(H,22,25)(H,23,24). The Kier molecular flexibility index (Phi) is 7.82. The summed E-state index contributed by atoms with van der Waals surface area (Å²) in [5.74, 6) is -2.22. The van der Waals surface area contributed by atoms with E-state index in [9.17, 15) is 18.4 Å². The number of hydrogen-bond acceptors (Lipinski definition) is 2. The highest BCUT2D eigenvalue weighted by Crippen LogP contribution is 2.17. The Morgan fingerprint density at radius 1 is 1.04 bits per heavy atom. The van der Waals surface area contributed by atoms with Crippen molar-refractivity contribution in [2.45, 2.75) is 63.8 Å². The maximum Gasteiger partial charge on any atom is 0.254 e. The SMILES string of the molecule is O=C(CCCNC(=O)c1ccc(F)cc1F)NC1CCCCCCC1. The molecule has 1 aliphatic carbocycles. The third-order valence-corrected chi connectivity index (χ3v) is 4.51. The van der Waals surface area contributed by atoms with Gasteiger partial charge in [0.15, 0.2) is 0 Å². The van der Waals surface area contributed by atoms with Crippen LogP contribution in [-0.4, -0.2) is 24.4 Å². The molecule has 6 heteroatoms. The molecule has 25 heavy (non-hydrogen) atoms. The molecule has 0 atom stereocenters. The smallest absolute Gasteiger partial charge is 0.254 e. The summed E-state index contributed by atoms with van der Waals surface area (Å²) >= 11 is 0. The summed E-state index contributed by atoms with van der Waals surface area (Å²) in [4.78, 5) is 23.8. The summed E-state index contributed by atoms with van der Waals surface area (Å²) in [5.41, 5.74) is -0.194. The third kappa shape index (κ3) is 6.80. The molecular formula is C19H26F2N2O2. The zero-order valence-corrected chi connectivity index (χ0v) is 14.5. The number of hydrogen-bond donors (Lipinski definition) is 2. The molecule has 2 amide bonds. The van der Waals surface area contributed by atoms with E-state index in [4.69, 9.17) is 0 Å². The largest absolute Gasteiger partial charge is 0.353 e. The molecule has 2 N–H and O–H groups in total. The van der Waals surface area contributed by atoms with E-state index in [0.29, 0.717) is 18.9 Å². The van der Waals surface area contributed by atoms with E-state index < -0.39 is 17.5 Å². The van der Waals surface area contributed by atoms with E-state index in [1.165, 1.54) is 19.3 Å². The molecule has 0 bridgehead atoms. The summed E-state index contributed by atoms with van der Waals surface area (Å²) in [6, 6.07) is 3.09. The molecule has 138 valence electrons. The lowest BCUT2D eigenvalue weighted by atomic mass is 9.96. The van der Waals surface area contributed by atoms with Crippen LogP contribution in [0.3, 0.4) is 0 Å². The quantitative estimate of drug-likeness (QED) is 0.767. The second-order valence-corrected chi connectivity index (χ2v) is 6.59. The monoisotopic (exact) mass is 352 g/mol. The Balaban J connectivity index is 1.66. The van der Waals surface area contributed by atoms with Crippen molar-refractivity contribution in [1.29, 1.82) is 0 Å². The van der Waals surface area contributed by atoms with Crippen LogP contribution >= 0.6 is 0 Å². The molecule has 0 saturated heterocycles. The van der Waals surface area contributed by atoms with Crippen molar-refractivity contribution in [3.8, 4) is 0 Å². The van der Waals surface area contributed by atoms with Crippen LogP contribution < -0.4 is 10.6 Å². The van der Waals surface area contributed by atoms with Crippen molar-refractivity contribution in [2.75, 3.05) is 6.54 Å². The van der Waals surface area contributed by atoms with Gasteiger partial charge < -0.3 is 10.6 Å². The minimum atomic E-state index is -0.889. The molecule has 1 aromatic rings. The summed E-state index contributed by atoms with van der Waals surface area (Å²) in [6.45, 7) is 0.272. The molecule has 0 unspecified atom stereocenters. The lowest BCUT2D eigenvalue weighted by Gasteiger charge is -2.21. The van der Waals surface area contributed by atoms with Crippen LogP contribution in [0.15, 0.2) is 18.2 Å². The van der Waals surface area contributed by atoms with Crippen LogP contribution in [-0.2, 0) is 4.79 Å². The number of rotatable bonds is 6. The fraction of sp³-hybridized carbons (Fsp3) is 0.579. The van der Waals surface area contributed by atoms with Gasteiger partial charge in [-0.2, -0.15) is 0 Å². The van der Waals surface area contributed by atoms with Crippen molar-refractivity contribution in [3.05, 3.63) is 35.4 Å². The van der Waals surface area contributed by atoms with Gasteiger partial charge in [0, 0.05) is 25.1 Å². The maximum atomic E-state index is 13.5. The molecule has 1 aliphatic rings. The van der Waals surface area contributed by atoms with Gasteiger partial charge in [0.2, 0.25) is 5.91 Å². The molecule has 2 rings (SSSR count). The number of nitrogens with one attached hydrogen (secondary N) is 2. The average molecular weight is 352 g/mol. The molecule has 4 nitrogen and oxygen atoms in total. The van der Waals surface area contributed by atoms with Gasteiger partial charge in [0.1, 0.15) is 11.6 Å². The first-order valence-corrected chi connectivity index (χ1v) is 9.09. The molecule has 1 aromatic carbocycles. The van der Waals surface area contributed by atoms with Crippen molar-refractivity contribution in [3.63, 3.8) is 0 Å². The second kappa shape index (κ2) is 10.1. The summed E-state index contributed by atoms with van der Waals surface area (Å²) < 4.78 is 26.3. The molecular weight excluding hydrogens is 326 g/mol. The number of benzene rings is 1. The van der Waals surface area contributed by atoms with Crippen LogP contribution in [0.4, 0.5) is 8.78 Å². The molecule has 0 heterocycles. The highest BCUT2D eigenvalue weighted by molar-refractivity contribution is 5.94. The van der Waals surface area contributed by atoms with Crippen LogP contribution in [0.5, 0.6) is 0 Å². The third-order valence-electron chi connectivity index (χ3n) is 4.51. The lowest BCUT2D eigenvalue weighted by molar-refractivity contribution is -0.122. The summed E-state index contributed by atoms with van der Waals surface area (Å²) in [5, 5.41) is 5.62. The van der Waals surface area contributed by atoms with Gasteiger partial charge in [-0.25, -0.2) is 8.78 Å². The Morgan fingerprint density at radius 3 is 2.40 bits per heavy atom. The second-order valence-electron chi connectivity index (χ2n) is 6.59. The van der Waals surface area contributed by atoms with Gasteiger partial charge in [-0.1, -0.05) is 32.1 Å². The van der Waals surface area contributed by atoms with E-state index in [2.05, 4.69) is 10.6 Å². The van der Waals surface area contributed by atoms with E-state index in [0.717, 1.165) is 37.8 Å². The van der Waals surface area contributed by atoms with Gasteiger partial charge in [-0.05, 0) is 31.4 Å². The number of amides is 2. The fourth-order valence-electron chi connectivity index (χ4n) is 3.12. The predicted molar refractivity (Wildman–Crippen MR) is 92.2 cm³/mol. The highest BCUT2D eigenvalue weighted by atomic mass is 19.1. The predicted octanol–water partition coefficient (Wildman–Crippen LogP) is 3.70. The normalized spacial score (nSPS) is 15.9. The topological polar surface area (TPSA) is 58.2 Å². The molecule has 0 aromatic heterocycles. The Morgan fingerprint density at radius 2 is 1.72 bits per heavy atom. The maximum absolute atomic E-state index is 13.5. The molecule has 0 spiro atoms. The number of carbonyl (C=O) groups excluding carboxylic acids is 2. The van der Waals surface area contributed by atoms with Gasteiger partial charge in [0.25, 0.3) is 5.91 Å². The van der Waals surface area contributed by atoms with Crippen molar-refractivity contribution in [2.24, 2.45) is 0 Å². The fourth-order valence-corrected chi connectivity index (χ4v) is 3.12. The first kappa shape index (κ1) is 19.3. The van der Waals surface area contributed by atoms with Gasteiger partial charge in [-0.15, -0.1) is 0 Å². The molecule has 0 aliphatic heterocycles. The Labute approximate surface area is 147 Å². The minimum absolute atomic E-state index is 0.00668. The van der Waals surface area contributed by atoms with E-state index in [-0.39, 0.29) is 24.1 Å². The number of halogens is 2. The van der Waals surface area contributed by atoms with Crippen molar-refractivity contribution >= 4 is 11.8 Å². The Bertz CT molecular complexity index is 585. The highest BCUT2D eigenvalue weighted by Gasteiger charge is 2.15. The van der Waals surface area contributed by atoms with Gasteiger partial charge in [-0.3, -0.25) is 9.59 Å². The summed E-state index contributed by atoms with van der Waals surface area (Å²) in [7, 11) is 0. The molecule has 0 radical (unpaired) electrons. The first-order chi connectivity index (χ1) is 12.1. The van der Waals surface area contributed by atoms with E-state index in [1.807, 2.05) is 0 Å². The van der Waals surface area contributed by atoms with E-state index in [1.54, 1.807) is 0 Å². The van der Waals surface area contributed by atoms with Crippen LogP contribution in [0.25, 0.3) is 0 Å². The van der Waals surface area contributed by atoms with Gasteiger partial charge >= 0.3 is 0 Å². The van der Waals surface area contributed by atoms with Gasteiger partial charge in [0.05, 0.1) is 5.56 Å². The number of carbonyl (C=O) groups is 2. The minimum Gasteiger partial charge on any atom is -0.353 e. The first-order valence-electron chi connectivity index (χ1n) is 9.09.